The summed E-state index contributed by atoms with van der Waals surface area (Å²) in [5, 5.41) is 12.7. The van der Waals surface area contributed by atoms with Crippen LogP contribution in [0.4, 0.5) is 5.69 Å². The van der Waals surface area contributed by atoms with Crippen molar-refractivity contribution in [3.63, 3.8) is 0 Å². The van der Waals surface area contributed by atoms with Crippen LogP contribution in [0.3, 0.4) is 0 Å². The van der Waals surface area contributed by atoms with Gasteiger partial charge in [-0.2, -0.15) is 0 Å². The molecule has 0 bridgehead atoms. The molecule has 1 aromatic heterocycles. The van der Waals surface area contributed by atoms with Gasteiger partial charge in [0.05, 0.1) is 13.7 Å². The molecule has 144 valence electrons. The molecule has 0 spiro atoms. The van der Waals surface area contributed by atoms with E-state index in [1.165, 1.54) is 19.4 Å². The van der Waals surface area contributed by atoms with Crippen molar-refractivity contribution >= 4 is 11.6 Å². The topological polar surface area (TPSA) is 89.9 Å². The first-order valence-electron chi connectivity index (χ1n) is 8.64. The third kappa shape index (κ3) is 4.50. The number of methoxy groups -OCH3 is 1. The van der Waals surface area contributed by atoms with E-state index < -0.39 is 5.91 Å². The van der Waals surface area contributed by atoms with Crippen molar-refractivity contribution in [2.45, 2.75) is 6.92 Å². The van der Waals surface area contributed by atoms with Crippen LogP contribution in [0.1, 0.15) is 17.4 Å². The lowest BCUT2D eigenvalue weighted by atomic mass is 10.2. The standard InChI is InChI=1S/C21H20N2O5/c1-3-27-15-8-10-17(11-9-15)28-16-6-4-14(5-7-16)23-21(25)19-20(24)18(26-2)12-13-22-19/h4-13,24H,3H2,1-2H3,(H,23,25). The molecule has 3 rings (SSSR count). The zero-order valence-corrected chi connectivity index (χ0v) is 15.5. The van der Waals surface area contributed by atoms with Crippen molar-refractivity contribution in [1.82, 2.24) is 4.98 Å². The van der Waals surface area contributed by atoms with Gasteiger partial charge >= 0.3 is 0 Å². The number of carbonyl (C=O) groups excluding carboxylic acids is 1. The maximum atomic E-state index is 12.3. The summed E-state index contributed by atoms with van der Waals surface area (Å²) < 4.78 is 16.1. The SMILES string of the molecule is CCOc1ccc(Oc2ccc(NC(=O)c3nccc(OC)c3O)cc2)cc1. The van der Waals surface area contributed by atoms with Crippen molar-refractivity contribution < 1.29 is 24.1 Å². The number of carbonyl (C=O) groups is 1. The van der Waals surface area contributed by atoms with Gasteiger partial charge in [-0.15, -0.1) is 0 Å². The fraction of sp³-hybridized carbons (Fsp3) is 0.143. The fourth-order valence-electron chi connectivity index (χ4n) is 2.47. The summed E-state index contributed by atoms with van der Waals surface area (Å²) >= 11 is 0. The van der Waals surface area contributed by atoms with Gasteiger partial charge in [0.15, 0.2) is 17.2 Å². The molecule has 28 heavy (non-hydrogen) atoms. The lowest BCUT2D eigenvalue weighted by Crippen LogP contribution is -2.14. The number of amides is 1. The van der Waals surface area contributed by atoms with Crippen molar-refractivity contribution in [3.8, 4) is 28.7 Å². The molecule has 1 amide bonds. The minimum Gasteiger partial charge on any atom is -0.503 e. The van der Waals surface area contributed by atoms with Crippen LogP contribution in [0.15, 0.2) is 60.8 Å². The molecule has 0 aliphatic carbocycles. The molecule has 2 N–H and O–H groups in total. The molecule has 0 atom stereocenters. The Morgan fingerprint density at radius 3 is 2.21 bits per heavy atom. The molecule has 3 aromatic rings. The number of hydrogen-bond acceptors (Lipinski definition) is 6. The number of pyridine rings is 1. The van der Waals surface area contributed by atoms with Gasteiger partial charge in [0.25, 0.3) is 5.91 Å². The highest BCUT2D eigenvalue weighted by Gasteiger charge is 2.16. The molecule has 0 saturated carbocycles. The van der Waals surface area contributed by atoms with E-state index in [9.17, 15) is 9.90 Å². The lowest BCUT2D eigenvalue weighted by molar-refractivity contribution is 0.101. The summed E-state index contributed by atoms with van der Waals surface area (Å²) in [4.78, 5) is 16.2. The summed E-state index contributed by atoms with van der Waals surface area (Å²) in [7, 11) is 1.40. The summed E-state index contributed by atoms with van der Waals surface area (Å²) in [5.41, 5.74) is 0.419. The molecule has 0 aliphatic rings. The van der Waals surface area contributed by atoms with Crippen LogP contribution in [-0.4, -0.2) is 29.7 Å². The Kier molecular flexibility index (Phi) is 5.96. The van der Waals surface area contributed by atoms with Crippen LogP contribution in [0.2, 0.25) is 0 Å². The zero-order valence-electron chi connectivity index (χ0n) is 15.5. The fourth-order valence-corrected chi connectivity index (χ4v) is 2.47. The van der Waals surface area contributed by atoms with E-state index >= 15 is 0 Å². The molecule has 0 aliphatic heterocycles. The van der Waals surface area contributed by atoms with E-state index in [1.54, 1.807) is 24.3 Å². The Hall–Kier alpha value is -3.74. The van der Waals surface area contributed by atoms with Gasteiger partial charge in [0.2, 0.25) is 0 Å². The number of aromatic nitrogens is 1. The Morgan fingerprint density at radius 2 is 1.61 bits per heavy atom. The van der Waals surface area contributed by atoms with E-state index in [1.807, 2.05) is 31.2 Å². The minimum absolute atomic E-state index is 0.117. The Bertz CT molecular complexity index is 940. The van der Waals surface area contributed by atoms with Gasteiger partial charge in [-0.1, -0.05) is 0 Å². The number of ether oxygens (including phenoxy) is 3. The summed E-state index contributed by atoms with van der Waals surface area (Å²) in [6, 6.07) is 15.6. The smallest absolute Gasteiger partial charge is 0.278 e. The maximum Gasteiger partial charge on any atom is 0.278 e. The largest absolute Gasteiger partial charge is 0.503 e. The lowest BCUT2D eigenvalue weighted by Gasteiger charge is -2.10. The second-order valence-corrected chi connectivity index (χ2v) is 5.70. The van der Waals surface area contributed by atoms with E-state index in [2.05, 4.69) is 10.3 Å². The van der Waals surface area contributed by atoms with E-state index in [0.29, 0.717) is 23.8 Å². The normalized spacial score (nSPS) is 10.2. The molecule has 0 fully saturated rings. The quantitative estimate of drug-likeness (QED) is 0.637. The molecule has 0 radical (unpaired) electrons. The van der Waals surface area contributed by atoms with Crippen molar-refractivity contribution in [2.75, 3.05) is 19.0 Å². The van der Waals surface area contributed by atoms with E-state index in [4.69, 9.17) is 14.2 Å². The first kappa shape index (κ1) is 19.0. The molecule has 0 saturated heterocycles. The zero-order chi connectivity index (χ0) is 19.9. The van der Waals surface area contributed by atoms with Gasteiger partial charge in [-0.25, -0.2) is 4.98 Å². The number of rotatable bonds is 7. The van der Waals surface area contributed by atoms with Gasteiger partial charge in [-0.3, -0.25) is 4.79 Å². The number of nitrogens with one attached hydrogen (secondary N) is 1. The van der Waals surface area contributed by atoms with Gasteiger partial charge in [0.1, 0.15) is 17.2 Å². The predicted octanol–water partition coefficient (Wildman–Crippen LogP) is 4.24. The second-order valence-electron chi connectivity index (χ2n) is 5.70. The molecular weight excluding hydrogens is 360 g/mol. The number of hydrogen-bond donors (Lipinski definition) is 2. The number of aromatic hydroxyl groups is 1. The monoisotopic (exact) mass is 380 g/mol. The van der Waals surface area contributed by atoms with Crippen LogP contribution in [0.5, 0.6) is 28.7 Å². The van der Waals surface area contributed by atoms with Crippen LogP contribution in [-0.2, 0) is 0 Å². The van der Waals surface area contributed by atoms with E-state index in [0.717, 1.165) is 5.75 Å². The second kappa shape index (κ2) is 8.77. The Balaban J connectivity index is 1.65. The number of anilines is 1. The van der Waals surface area contributed by atoms with Crippen molar-refractivity contribution in [1.29, 1.82) is 0 Å². The highest BCUT2D eigenvalue weighted by atomic mass is 16.5. The average Bonchev–Trinajstić information content (AvgIpc) is 2.71. The maximum absolute atomic E-state index is 12.3. The molecule has 7 heteroatoms. The van der Waals surface area contributed by atoms with Crippen LogP contribution >= 0.6 is 0 Å². The molecule has 1 heterocycles. The first-order chi connectivity index (χ1) is 13.6. The number of nitrogens with zero attached hydrogens (tertiary/aromatic N) is 1. The predicted molar refractivity (Wildman–Crippen MR) is 105 cm³/mol. The molecule has 7 nitrogen and oxygen atoms in total. The summed E-state index contributed by atoms with van der Waals surface area (Å²) in [6.07, 6.45) is 1.39. The summed E-state index contributed by atoms with van der Waals surface area (Å²) in [6.45, 7) is 2.53. The summed E-state index contributed by atoms with van der Waals surface area (Å²) in [5.74, 6) is 1.39. The molecule has 0 unspecified atom stereocenters. The van der Waals surface area contributed by atoms with Gasteiger partial charge in [-0.05, 0) is 55.5 Å². The van der Waals surface area contributed by atoms with Gasteiger partial charge < -0.3 is 24.6 Å². The molecule has 2 aromatic carbocycles. The number of benzene rings is 2. The van der Waals surface area contributed by atoms with Crippen molar-refractivity contribution in [2.24, 2.45) is 0 Å². The Morgan fingerprint density at radius 1 is 1.00 bits per heavy atom. The third-order valence-corrected chi connectivity index (χ3v) is 3.80. The molecular formula is C21H20N2O5. The van der Waals surface area contributed by atoms with Crippen LogP contribution < -0.4 is 19.5 Å². The third-order valence-electron chi connectivity index (χ3n) is 3.80. The van der Waals surface area contributed by atoms with Crippen LogP contribution in [0, 0.1) is 0 Å². The first-order valence-corrected chi connectivity index (χ1v) is 8.64. The highest BCUT2D eigenvalue weighted by molar-refractivity contribution is 6.05. The average molecular weight is 380 g/mol. The Labute approximate surface area is 162 Å². The van der Waals surface area contributed by atoms with Crippen molar-refractivity contribution in [3.05, 3.63) is 66.5 Å². The van der Waals surface area contributed by atoms with E-state index in [-0.39, 0.29) is 17.2 Å². The minimum atomic E-state index is -0.545. The van der Waals surface area contributed by atoms with Gasteiger partial charge in [0, 0.05) is 18.0 Å². The van der Waals surface area contributed by atoms with Crippen LogP contribution in [0.25, 0.3) is 0 Å². The highest BCUT2D eigenvalue weighted by Crippen LogP contribution is 2.29.